The van der Waals surface area contributed by atoms with Gasteiger partial charge in [0.1, 0.15) is 0 Å². The molecule has 0 aromatic carbocycles. The van der Waals surface area contributed by atoms with Crippen molar-refractivity contribution in [3.63, 3.8) is 0 Å². The van der Waals surface area contributed by atoms with Crippen molar-refractivity contribution in [3.8, 4) is 0 Å². The Kier molecular flexibility index (Phi) is 154. The second-order valence-electron chi connectivity index (χ2n) is 0. The Morgan fingerprint density at radius 2 is 1.00 bits per heavy atom. The maximum Gasteiger partial charge on any atom is 0 e. The molecule has 0 unspecified atom stereocenters. The van der Waals surface area contributed by atoms with E-state index in [4.69, 9.17) is 0 Å². The summed E-state index contributed by atoms with van der Waals surface area (Å²) in [5.41, 5.74) is 0. The Bertz CT molecular complexity index is 11.6. The second-order valence-corrected chi connectivity index (χ2v) is 0. The fourth-order valence-corrected chi connectivity index (χ4v) is 0. The Morgan fingerprint density at radius 3 is 1.00 bits per heavy atom. The Hall–Kier alpha value is 4.77. The van der Waals surface area contributed by atoms with Crippen molar-refractivity contribution >= 4 is 104 Å². The van der Waals surface area contributed by atoms with Crippen LogP contribution in [0, 0.1) is 0 Å². The fourth-order valence-electron chi connectivity index (χ4n) is 0. The first kappa shape index (κ1) is 33.0. The van der Waals surface area contributed by atoms with Crippen molar-refractivity contribution in [1.29, 1.82) is 0 Å². The van der Waals surface area contributed by atoms with Gasteiger partial charge in [0.15, 0.2) is 17.4 Å². The van der Waals surface area contributed by atoms with Crippen LogP contribution in [0.4, 0.5) is 0 Å². The maximum atomic E-state index is 0. The third-order valence-corrected chi connectivity index (χ3v) is 0. The minimum atomic E-state index is 0. The average Bonchev–Trinajstić information content (AvgIpc) is 0. The molecule has 0 atom stereocenters. The van der Waals surface area contributed by atoms with E-state index in [1.165, 1.54) is 0 Å². The van der Waals surface area contributed by atoms with Crippen LogP contribution < -0.4 is 0 Å². The van der Waals surface area contributed by atoms with E-state index in [1.54, 1.807) is 0 Å². The summed E-state index contributed by atoms with van der Waals surface area (Å²) >= 11 is 0. The summed E-state index contributed by atoms with van der Waals surface area (Å²) < 4.78 is 0. The molecule has 0 aliphatic heterocycles. The molecule has 0 aromatic heterocycles. The van der Waals surface area contributed by atoms with Gasteiger partial charge in [-0.1, -0.05) is 0 Å². The summed E-state index contributed by atoms with van der Waals surface area (Å²) in [7, 11) is 0. The minimum absolute atomic E-state index is 0. The first-order valence-corrected chi connectivity index (χ1v) is 0. The van der Waals surface area contributed by atoms with Crippen LogP contribution in [0.25, 0.3) is 0 Å². The first-order chi connectivity index (χ1) is 0. The van der Waals surface area contributed by atoms with Crippen LogP contribution in [0.15, 0.2) is 0 Å². The second kappa shape index (κ2) is 23.3. The molecule has 0 aliphatic rings. The van der Waals surface area contributed by atoms with Crippen LogP contribution in [0.2, 0.25) is 0 Å². The van der Waals surface area contributed by atoms with E-state index in [1.807, 2.05) is 0 Å². The maximum absolute atomic E-state index is 0. The van der Waals surface area contributed by atoms with E-state index in [9.17, 15) is 0 Å². The van der Waals surface area contributed by atoms with Gasteiger partial charge >= 0.3 is 86.6 Å². The molecule has 0 heterocycles. The normalized spacial score (nSPS) is 0. The zero-order valence-electron chi connectivity index (χ0n) is 0.618. The van der Waals surface area contributed by atoms with Gasteiger partial charge in [-0.25, -0.2) is 0 Å². The van der Waals surface area contributed by atoms with Crippen molar-refractivity contribution < 1.29 is 42.8 Å². The molecule has 0 amide bonds. The molecule has 0 fully saturated rings. The van der Waals surface area contributed by atoms with Crippen LogP contribution in [0.5, 0.6) is 0 Å². The Balaban J connectivity index is 0. The van der Waals surface area contributed by atoms with Crippen LogP contribution in [-0.2, 0) is 42.8 Å². The van der Waals surface area contributed by atoms with Gasteiger partial charge in [-0.05, 0) is 0 Å². The van der Waals surface area contributed by atoms with Crippen LogP contribution >= 0.6 is 0 Å². The predicted molar refractivity (Wildman–Crippen MR) is 27.0 cm³/mol. The standard InChI is InChI=1S/Ag.Al.Ba.Ca.Pd.7H. The van der Waals surface area contributed by atoms with Gasteiger partial charge < -0.3 is 0 Å². The topological polar surface area (TPSA) is 0 Å². The molecule has 0 aromatic rings. The van der Waals surface area contributed by atoms with Gasteiger partial charge in [0, 0.05) is 42.8 Å². The van der Waals surface area contributed by atoms with Crippen LogP contribution in [0.1, 0.15) is 0 Å². The van der Waals surface area contributed by atoms with Crippen molar-refractivity contribution in [2.24, 2.45) is 0 Å². The molecule has 0 spiro atoms. The number of rotatable bonds is 0. The summed E-state index contributed by atoms with van der Waals surface area (Å²) in [6.45, 7) is 0. The summed E-state index contributed by atoms with van der Waals surface area (Å²) in [6.07, 6.45) is 0. The first-order valence-electron chi connectivity index (χ1n) is 0. The predicted octanol–water partition coefficient (Wildman–Crippen LogP) is -3.02. The SMILES string of the molecule is [Ag].[AlH3].[BaH2].[CaH2].[Pd]. The quantitative estimate of drug-likeness (QED) is 0.363. The monoisotopic (exact) mass is 425 g/mol. The summed E-state index contributed by atoms with van der Waals surface area (Å²) in [6, 6.07) is 0. The van der Waals surface area contributed by atoms with E-state index in [-0.39, 0.29) is 147 Å². The van der Waals surface area contributed by atoms with Crippen LogP contribution in [-0.4, -0.2) is 104 Å². The summed E-state index contributed by atoms with van der Waals surface area (Å²) in [5, 5.41) is 0. The average molecular weight is 426 g/mol. The number of hydrogen-bond donors (Lipinski definition) is 0. The minimum Gasteiger partial charge on any atom is 0 e. The van der Waals surface area contributed by atoms with E-state index in [0.717, 1.165) is 0 Å². The molecular weight excluding hydrogens is 419 g/mol. The van der Waals surface area contributed by atoms with E-state index >= 15 is 0 Å². The van der Waals surface area contributed by atoms with Gasteiger partial charge in [-0.2, -0.15) is 0 Å². The molecule has 0 bridgehead atoms. The van der Waals surface area contributed by atoms with E-state index in [0.29, 0.717) is 0 Å². The van der Waals surface area contributed by atoms with Gasteiger partial charge in [0.25, 0.3) is 0 Å². The third kappa shape index (κ3) is 17.7. The molecule has 0 nitrogen and oxygen atoms in total. The fraction of sp³-hybridized carbons (Fsp3) is 0. The van der Waals surface area contributed by atoms with Gasteiger partial charge in [-0.15, -0.1) is 0 Å². The summed E-state index contributed by atoms with van der Waals surface area (Å²) in [5.74, 6) is 0. The molecule has 0 rings (SSSR count). The molecule has 0 N–H and O–H groups in total. The van der Waals surface area contributed by atoms with E-state index < -0.39 is 0 Å². The van der Waals surface area contributed by atoms with Gasteiger partial charge in [0.2, 0.25) is 0 Å². The largest absolute Gasteiger partial charge is 0 e. The molecular formula is H7AgAlBaCaPd. The molecule has 5 heteroatoms. The van der Waals surface area contributed by atoms with Gasteiger partial charge in [0.05, 0.1) is 0 Å². The molecule has 1 radical (unpaired) electrons. The smallest absolute Gasteiger partial charge is 0 e. The Morgan fingerprint density at radius 1 is 1.00 bits per heavy atom. The van der Waals surface area contributed by atoms with Crippen molar-refractivity contribution in [3.05, 3.63) is 0 Å². The van der Waals surface area contributed by atoms with Gasteiger partial charge in [-0.3, -0.25) is 0 Å². The van der Waals surface area contributed by atoms with Crippen molar-refractivity contribution in [2.45, 2.75) is 0 Å². The van der Waals surface area contributed by atoms with Crippen molar-refractivity contribution in [2.75, 3.05) is 0 Å². The molecule has 5 heavy (non-hydrogen) atoms. The molecule has 0 saturated carbocycles. The van der Waals surface area contributed by atoms with Crippen LogP contribution in [0.3, 0.4) is 0 Å². The zero-order chi connectivity index (χ0) is 0. The van der Waals surface area contributed by atoms with Crippen molar-refractivity contribution in [1.82, 2.24) is 0 Å². The van der Waals surface area contributed by atoms with E-state index in [2.05, 4.69) is 0 Å². The molecule has 0 aliphatic carbocycles. The zero-order valence-corrected chi connectivity index (χ0v) is 3.65. The molecule has 0 saturated heterocycles. The number of hydrogen-bond acceptors (Lipinski definition) is 0. The third-order valence-electron chi connectivity index (χ3n) is 0. The molecule has 35 valence electrons. The summed E-state index contributed by atoms with van der Waals surface area (Å²) in [4.78, 5) is 0. The Labute approximate surface area is 142 Å².